The number of aromatic nitrogens is 1. The molecule has 0 aliphatic rings. The Morgan fingerprint density at radius 2 is 2.12 bits per heavy atom. The van der Waals surface area contributed by atoms with E-state index in [-0.39, 0.29) is 22.9 Å². The van der Waals surface area contributed by atoms with E-state index in [0.29, 0.717) is 11.4 Å². The van der Waals surface area contributed by atoms with Crippen LogP contribution in [0.2, 0.25) is 5.02 Å². The standard InChI is InChI=1S/C17H13ClN2O3S2/c1-23-17(22)12-7-10(4-5-13(12)18)19-15(21)8-11-9-25-16(20-11)14-3-2-6-24-14/h2-7,9H,8H2,1H3,(H,19,21). The van der Waals surface area contributed by atoms with Crippen molar-refractivity contribution in [1.29, 1.82) is 0 Å². The number of benzene rings is 1. The van der Waals surface area contributed by atoms with Crippen LogP contribution >= 0.6 is 34.3 Å². The first kappa shape index (κ1) is 17.6. The van der Waals surface area contributed by atoms with Gasteiger partial charge in [-0.05, 0) is 29.6 Å². The summed E-state index contributed by atoms with van der Waals surface area (Å²) in [7, 11) is 1.28. The second-order valence-electron chi connectivity index (χ2n) is 5.03. The van der Waals surface area contributed by atoms with E-state index in [9.17, 15) is 9.59 Å². The van der Waals surface area contributed by atoms with Gasteiger partial charge in [0.1, 0.15) is 5.01 Å². The Hall–Kier alpha value is -2.22. The smallest absolute Gasteiger partial charge is 0.339 e. The number of carbonyl (C=O) groups is 2. The summed E-state index contributed by atoms with van der Waals surface area (Å²) in [4.78, 5) is 29.4. The molecule has 3 rings (SSSR count). The molecule has 1 aromatic carbocycles. The lowest BCUT2D eigenvalue weighted by molar-refractivity contribution is -0.115. The summed E-state index contributed by atoms with van der Waals surface area (Å²) in [5, 5.41) is 7.77. The van der Waals surface area contributed by atoms with Crippen molar-refractivity contribution in [2.75, 3.05) is 12.4 Å². The first-order chi connectivity index (χ1) is 12.1. The van der Waals surface area contributed by atoms with Gasteiger partial charge in [0.2, 0.25) is 5.91 Å². The molecule has 0 radical (unpaired) electrons. The Morgan fingerprint density at radius 3 is 2.84 bits per heavy atom. The number of esters is 1. The predicted molar refractivity (Wildman–Crippen MR) is 101 cm³/mol. The van der Waals surface area contributed by atoms with Gasteiger partial charge in [0, 0.05) is 11.1 Å². The minimum absolute atomic E-state index is 0.151. The van der Waals surface area contributed by atoms with E-state index < -0.39 is 5.97 Å². The molecule has 0 bridgehead atoms. The third kappa shape index (κ3) is 4.25. The highest BCUT2D eigenvalue weighted by atomic mass is 35.5. The number of hydrogen-bond donors (Lipinski definition) is 1. The van der Waals surface area contributed by atoms with E-state index >= 15 is 0 Å². The molecule has 0 saturated heterocycles. The van der Waals surface area contributed by atoms with Crippen LogP contribution in [0.5, 0.6) is 0 Å². The molecule has 2 heterocycles. The molecule has 0 spiro atoms. The molecule has 3 aromatic rings. The maximum absolute atomic E-state index is 12.2. The molecule has 25 heavy (non-hydrogen) atoms. The number of methoxy groups -OCH3 is 1. The number of thiazole rings is 1. The number of rotatable bonds is 5. The van der Waals surface area contributed by atoms with Crippen LogP contribution in [0.15, 0.2) is 41.1 Å². The second kappa shape index (κ2) is 7.77. The molecule has 0 fully saturated rings. The number of amides is 1. The molecule has 8 heteroatoms. The molecule has 2 aromatic heterocycles. The van der Waals surface area contributed by atoms with Crippen LogP contribution < -0.4 is 5.32 Å². The normalized spacial score (nSPS) is 10.5. The summed E-state index contributed by atoms with van der Waals surface area (Å²) in [5.41, 5.74) is 1.38. The van der Waals surface area contributed by atoms with Crippen LogP contribution in [0.4, 0.5) is 5.69 Å². The van der Waals surface area contributed by atoms with Gasteiger partial charge < -0.3 is 10.1 Å². The van der Waals surface area contributed by atoms with E-state index in [1.165, 1.54) is 24.5 Å². The van der Waals surface area contributed by atoms with Gasteiger partial charge in [0.25, 0.3) is 0 Å². The lowest BCUT2D eigenvalue weighted by Gasteiger charge is -2.07. The van der Waals surface area contributed by atoms with Crippen molar-refractivity contribution in [3.05, 3.63) is 57.4 Å². The number of thiophene rings is 1. The summed E-state index contributed by atoms with van der Waals surface area (Å²) in [6.45, 7) is 0. The predicted octanol–water partition coefficient (Wildman–Crippen LogP) is 4.49. The Balaban J connectivity index is 1.68. The van der Waals surface area contributed by atoms with Gasteiger partial charge in [-0.3, -0.25) is 4.79 Å². The molecule has 0 saturated carbocycles. The first-order valence-electron chi connectivity index (χ1n) is 7.23. The van der Waals surface area contributed by atoms with Gasteiger partial charge >= 0.3 is 5.97 Å². The highest BCUT2D eigenvalue weighted by Gasteiger charge is 2.14. The van der Waals surface area contributed by atoms with Crippen LogP contribution in [-0.4, -0.2) is 24.0 Å². The van der Waals surface area contributed by atoms with Crippen molar-refractivity contribution in [3.8, 4) is 9.88 Å². The van der Waals surface area contributed by atoms with Gasteiger partial charge in [-0.2, -0.15) is 0 Å². The number of nitrogens with zero attached hydrogens (tertiary/aromatic N) is 1. The minimum atomic E-state index is -0.554. The van der Waals surface area contributed by atoms with E-state index in [4.69, 9.17) is 11.6 Å². The molecule has 5 nitrogen and oxygen atoms in total. The monoisotopic (exact) mass is 392 g/mol. The zero-order valence-corrected chi connectivity index (χ0v) is 15.5. The Kier molecular flexibility index (Phi) is 5.47. The molecular formula is C17H13ClN2O3S2. The summed E-state index contributed by atoms with van der Waals surface area (Å²) in [6, 6.07) is 8.62. The van der Waals surface area contributed by atoms with Gasteiger partial charge in [-0.1, -0.05) is 17.7 Å². The average Bonchev–Trinajstić information content (AvgIpc) is 3.27. The number of carbonyl (C=O) groups excluding carboxylic acids is 2. The maximum atomic E-state index is 12.2. The third-order valence-corrected chi connectivity index (χ3v) is 5.54. The fourth-order valence-corrected chi connectivity index (χ4v) is 3.97. The molecule has 1 amide bonds. The second-order valence-corrected chi connectivity index (χ2v) is 7.25. The van der Waals surface area contributed by atoms with Gasteiger partial charge in [0.05, 0.1) is 34.7 Å². The molecule has 0 aliphatic heterocycles. The Morgan fingerprint density at radius 1 is 1.28 bits per heavy atom. The number of halogens is 1. The van der Waals surface area contributed by atoms with Crippen molar-refractivity contribution in [2.45, 2.75) is 6.42 Å². The van der Waals surface area contributed by atoms with Crippen molar-refractivity contribution in [3.63, 3.8) is 0 Å². The van der Waals surface area contributed by atoms with Crippen molar-refractivity contribution < 1.29 is 14.3 Å². The lowest BCUT2D eigenvalue weighted by atomic mass is 10.2. The number of anilines is 1. The highest BCUT2D eigenvalue weighted by Crippen LogP contribution is 2.28. The van der Waals surface area contributed by atoms with Gasteiger partial charge in [-0.15, -0.1) is 22.7 Å². The third-order valence-electron chi connectivity index (χ3n) is 3.28. The van der Waals surface area contributed by atoms with Gasteiger partial charge in [-0.25, -0.2) is 9.78 Å². The summed E-state index contributed by atoms with van der Waals surface area (Å²) in [5.74, 6) is -0.776. The van der Waals surface area contributed by atoms with Crippen LogP contribution in [0.1, 0.15) is 16.1 Å². The first-order valence-corrected chi connectivity index (χ1v) is 9.36. The Labute approximate surface area is 157 Å². The van der Waals surface area contributed by atoms with Crippen LogP contribution in [0.3, 0.4) is 0 Å². The number of ether oxygens (including phenoxy) is 1. The summed E-state index contributed by atoms with van der Waals surface area (Å²) in [6.07, 6.45) is 0.151. The van der Waals surface area contributed by atoms with E-state index in [0.717, 1.165) is 9.88 Å². The van der Waals surface area contributed by atoms with Crippen LogP contribution in [0.25, 0.3) is 9.88 Å². The Bertz CT molecular complexity index is 907. The fraction of sp³-hybridized carbons (Fsp3) is 0.118. The molecule has 1 N–H and O–H groups in total. The molecular weight excluding hydrogens is 380 g/mol. The molecule has 0 unspecified atom stereocenters. The minimum Gasteiger partial charge on any atom is -0.465 e. The van der Waals surface area contributed by atoms with Crippen molar-refractivity contribution >= 4 is 51.8 Å². The highest BCUT2D eigenvalue weighted by molar-refractivity contribution is 7.20. The van der Waals surface area contributed by atoms with Crippen LogP contribution in [0, 0.1) is 0 Å². The average molecular weight is 393 g/mol. The van der Waals surface area contributed by atoms with E-state index in [1.54, 1.807) is 23.5 Å². The summed E-state index contributed by atoms with van der Waals surface area (Å²) >= 11 is 9.08. The largest absolute Gasteiger partial charge is 0.465 e. The van der Waals surface area contributed by atoms with Crippen LogP contribution in [-0.2, 0) is 16.0 Å². The fourth-order valence-electron chi connectivity index (χ4n) is 2.14. The molecule has 128 valence electrons. The quantitative estimate of drug-likeness (QED) is 0.649. The van der Waals surface area contributed by atoms with E-state index in [1.807, 2.05) is 22.9 Å². The molecule has 0 atom stereocenters. The van der Waals surface area contributed by atoms with Crippen molar-refractivity contribution in [2.24, 2.45) is 0 Å². The summed E-state index contributed by atoms with van der Waals surface area (Å²) < 4.78 is 4.67. The zero-order chi connectivity index (χ0) is 17.8. The van der Waals surface area contributed by atoms with E-state index in [2.05, 4.69) is 15.0 Å². The topological polar surface area (TPSA) is 68.3 Å². The lowest BCUT2D eigenvalue weighted by Crippen LogP contribution is -2.15. The van der Waals surface area contributed by atoms with Crippen molar-refractivity contribution in [1.82, 2.24) is 4.98 Å². The molecule has 0 aliphatic carbocycles. The number of nitrogens with one attached hydrogen (secondary N) is 1. The number of hydrogen-bond acceptors (Lipinski definition) is 6. The zero-order valence-electron chi connectivity index (χ0n) is 13.1. The maximum Gasteiger partial charge on any atom is 0.339 e. The van der Waals surface area contributed by atoms with Gasteiger partial charge in [0.15, 0.2) is 0 Å². The SMILES string of the molecule is COC(=O)c1cc(NC(=O)Cc2csc(-c3cccs3)n2)ccc1Cl.